The lowest BCUT2D eigenvalue weighted by molar-refractivity contribution is -0.274. The summed E-state index contributed by atoms with van der Waals surface area (Å²) in [4.78, 5) is 42.1. The predicted molar refractivity (Wildman–Crippen MR) is 138 cm³/mol. The minimum atomic E-state index is -4.76. The van der Waals surface area contributed by atoms with Gasteiger partial charge in [-0.15, -0.1) is 13.2 Å². The van der Waals surface area contributed by atoms with E-state index >= 15 is 0 Å². The smallest absolute Gasteiger partial charge is 0.481 e. The molecule has 8 nitrogen and oxygen atoms in total. The van der Waals surface area contributed by atoms with Crippen molar-refractivity contribution in [2.45, 2.75) is 33.1 Å². The van der Waals surface area contributed by atoms with Crippen molar-refractivity contribution in [3.63, 3.8) is 0 Å². The van der Waals surface area contributed by atoms with Gasteiger partial charge in [-0.1, -0.05) is 26.0 Å². The Kier molecular flexibility index (Phi) is 8.36. The van der Waals surface area contributed by atoms with Gasteiger partial charge >= 0.3 is 12.3 Å². The molecule has 1 aliphatic carbocycles. The third kappa shape index (κ3) is 6.82. The molecule has 0 aromatic heterocycles. The van der Waals surface area contributed by atoms with Gasteiger partial charge in [0, 0.05) is 31.9 Å². The van der Waals surface area contributed by atoms with Crippen LogP contribution in [-0.4, -0.2) is 60.3 Å². The molecule has 2 aromatic rings. The van der Waals surface area contributed by atoms with Crippen LogP contribution in [0, 0.1) is 23.7 Å². The van der Waals surface area contributed by atoms with Gasteiger partial charge in [-0.2, -0.15) is 0 Å². The van der Waals surface area contributed by atoms with E-state index in [9.17, 15) is 32.7 Å². The van der Waals surface area contributed by atoms with Gasteiger partial charge in [-0.3, -0.25) is 14.4 Å². The van der Waals surface area contributed by atoms with Crippen molar-refractivity contribution < 1.29 is 37.4 Å². The molecule has 4 rings (SSSR count). The summed E-state index contributed by atoms with van der Waals surface area (Å²) in [6.45, 7) is 5.71. The van der Waals surface area contributed by atoms with Crippen LogP contribution in [0.25, 0.3) is 0 Å². The van der Waals surface area contributed by atoms with E-state index in [1.165, 1.54) is 12.1 Å². The van der Waals surface area contributed by atoms with E-state index in [2.05, 4.69) is 10.1 Å². The van der Waals surface area contributed by atoms with Crippen LogP contribution in [-0.2, 0) is 9.59 Å². The number of alkyl halides is 3. The molecule has 0 spiro atoms. The molecule has 210 valence electrons. The number of hydrogen-bond acceptors (Lipinski definition) is 5. The van der Waals surface area contributed by atoms with Crippen molar-refractivity contribution >= 4 is 29.2 Å². The first-order valence-electron chi connectivity index (χ1n) is 13.0. The van der Waals surface area contributed by atoms with Crippen molar-refractivity contribution in [2.75, 3.05) is 36.4 Å². The number of para-hydroxylation sites is 1. The van der Waals surface area contributed by atoms with E-state index in [1.54, 1.807) is 41.3 Å². The summed E-state index contributed by atoms with van der Waals surface area (Å²) >= 11 is 0. The Morgan fingerprint density at radius 1 is 0.897 bits per heavy atom. The highest BCUT2D eigenvalue weighted by molar-refractivity contribution is 6.04. The molecule has 39 heavy (non-hydrogen) atoms. The topological polar surface area (TPSA) is 99.2 Å². The average Bonchev–Trinajstić information content (AvgIpc) is 2.89. The zero-order valence-corrected chi connectivity index (χ0v) is 21.8. The molecule has 2 aromatic carbocycles. The molecule has 2 aliphatic rings. The first-order valence-corrected chi connectivity index (χ1v) is 13.0. The third-order valence-corrected chi connectivity index (χ3v) is 7.78. The molecule has 2 amide bonds. The number of nitrogens with one attached hydrogen (secondary N) is 1. The number of nitrogens with zero attached hydrogens (tertiary/aromatic N) is 2. The molecule has 11 heteroatoms. The molecule has 2 N–H and O–H groups in total. The normalized spacial score (nSPS) is 23.7. The first kappa shape index (κ1) is 28.3. The van der Waals surface area contributed by atoms with Gasteiger partial charge in [0.05, 0.1) is 23.1 Å². The maximum absolute atomic E-state index is 13.4. The van der Waals surface area contributed by atoms with Gasteiger partial charge in [0.2, 0.25) is 5.91 Å². The second kappa shape index (κ2) is 11.5. The predicted octanol–water partition coefficient (Wildman–Crippen LogP) is 4.87. The second-order valence-electron chi connectivity index (χ2n) is 10.3. The number of anilines is 2. The summed E-state index contributed by atoms with van der Waals surface area (Å²) in [6.07, 6.45) is -3.86. The number of ether oxygens (including phenoxy) is 1. The molecule has 2 fully saturated rings. The van der Waals surface area contributed by atoms with Crippen LogP contribution in [0.5, 0.6) is 5.75 Å². The molecule has 1 aliphatic heterocycles. The number of benzene rings is 2. The van der Waals surface area contributed by atoms with Crippen LogP contribution in [0.2, 0.25) is 0 Å². The SMILES string of the molecule is CC1CC(C(=O)O)C(C(=O)Nc2ccccc2C(=O)N2CCN(c3ccc(OC(F)(F)F)cc3)CC2)CC1C. The molecule has 4 atom stereocenters. The Bertz CT molecular complexity index is 1200. The monoisotopic (exact) mass is 547 g/mol. The zero-order valence-electron chi connectivity index (χ0n) is 21.8. The lowest BCUT2D eigenvalue weighted by Gasteiger charge is -2.37. The number of rotatable bonds is 6. The van der Waals surface area contributed by atoms with Crippen LogP contribution in [0.1, 0.15) is 37.0 Å². The number of aliphatic carboxylic acids is 1. The van der Waals surface area contributed by atoms with Crippen LogP contribution >= 0.6 is 0 Å². The highest BCUT2D eigenvalue weighted by atomic mass is 19.4. The lowest BCUT2D eigenvalue weighted by atomic mass is 9.69. The average molecular weight is 548 g/mol. The molecule has 1 saturated heterocycles. The van der Waals surface area contributed by atoms with Crippen LogP contribution in [0.4, 0.5) is 24.5 Å². The number of carbonyl (C=O) groups is 3. The van der Waals surface area contributed by atoms with E-state index in [-0.39, 0.29) is 23.5 Å². The van der Waals surface area contributed by atoms with E-state index < -0.39 is 30.1 Å². The van der Waals surface area contributed by atoms with E-state index in [4.69, 9.17) is 0 Å². The van der Waals surface area contributed by atoms with E-state index in [0.29, 0.717) is 56.0 Å². The first-order chi connectivity index (χ1) is 18.4. The van der Waals surface area contributed by atoms with Gasteiger partial charge in [0.15, 0.2) is 0 Å². The quantitative estimate of drug-likeness (QED) is 0.536. The number of piperazine rings is 1. The Balaban J connectivity index is 1.40. The van der Waals surface area contributed by atoms with Gasteiger partial charge in [0.1, 0.15) is 5.75 Å². The van der Waals surface area contributed by atoms with Crippen molar-refractivity contribution in [3.8, 4) is 5.75 Å². The van der Waals surface area contributed by atoms with Crippen molar-refractivity contribution in [3.05, 3.63) is 54.1 Å². The molecule has 0 radical (unpaired) electrons. The summed E-state index contributed by atoms with van der Waals surface area (Å²) in [6, 6.07) is 12.3. The maximum atomic E-state index is 13.4. The highest BCUT2D eigenvalue weighted by Crippen LogP contribution is 2.38. The summed E-state index contributed by atoms with van der Waals surface area (Å²) in [5.41, 5.74) is 1.37. The van der Waals surface area contributed by atoms with E-state index in [0.717, 1.165) is 0 Å². The fourth-order valence-corrected chi connectivity index (χ4v) is 5.36. The Morgan fingerprint density at radius 3 is 2.08 bits per heavy atom. The summed E-state index contributed by atoms with van der Waals surface area (Å²) < 4.78 is 41.1. The molecule has 1 heterocycles. The Morgan fingerprint density at radius 2 is 1.49 bits per heavy atom. The van der Waals surface area contributed by atoms with Gasteiger partial charge in [-0.25, -0.2) is 0 Å². The van der Waals surface area contributed by atoms with Crippen molar-refractivity contribution in [1.82, 2.24) is 4.90 Å². The third-order valence-electron chi connectivity index (χ3n) is 7.78. The van der Waals surface area contributed by atoms with Crippen molar-refractivity contribution in [2.24, 2.45) is 23.7 Å². The zero-order chi connectivity index (χ0) is 28.3. The number of amides is 2. The minimum absolute atomic E-state index is 0.203. The summed E-state index contributed by atoms with van der Waals surface area (Å²) in [5, 5.41) is 12.5. The number of carboxylic acid groups (broad SMARTS) is 1. The highest BCUT2D eigenvalue weighted by Gasteiger charge is 2.41. The van der Waals surface area contributed by atoms with Crippen LogP contribution in [0.3, 0.4) is 0 Å². The number of carboxylic acids is 1. The fraction of sp³-hybridized carbons (Fsp3) is 0.464. The van der Waals surface area contributed by atoms with Gasteiger partial charge < -0.3 is 25.0 Å². The summed E-state index contributed by atoms with van der Waals surface area (Å²) in [7, 11) is 0. The number of halogens is 3. The Labute approximate surface area is 224 Å². The molecular weight excluding hydrogens is 515 g/mol. The molecular formula is C28H32F3N3O5. The molecule has 0 bridgehead atoms. The molecule has 1 saturated carbocycles. The lowest BCUT2D eigenvalue weighted by Crippen LogP contribution is -2.49. The maximum Gasteiger partial charge on any atom is 0.573 e. The fourth-order valence-electron chi connectivity index (χ4n) is 5.36. The summed E-state index contributed by atoms with van der Waals surface area (Å²) in [5.74, 6) is -3.01. The van der Waals surface area contributed by atoms with Crippen LogP contribution < -0.4 is 15.0 Å². The van der Waals surface area contributed by atoms with Gasteiger partial charge in [-0.05, 0) is 61.1 Å². The minimum Gasteiger partial charge on any atom is -0.481 e. The van der Waals surface area contributed by atoms with Crippen LogP contribution in [0.15, 0.2) is 48.5 Å². The van der Waals surface area contributed by atoms with E-state index in [1.807, 2.05) is 18.7 Å². The van der Waals surface area contributed by atoms with Crippen molar-refractivity contribution in [1.29, 1.82) is 0 Å². The number of hydrogen-bond donors (Lipinski definition) is 2. The standard InChI is InChI=1S/C28H32F3N3O5/c1-17-15-22(23(27(37)38)16-18(17)2)25(35)32-24-6-4-3-5-21(24)26(36)34-13-11-33(12-14-34)19-7-9-20(10-8-19)39-28(29,30)31/h3-10,17-18,22-23H,11-16H2,1-2H3,(H,32,35)(H,37,38). The second-order valence-corrected chi connectivity index (χ2v) is 10.3. The Hall–Kier alpha value is -3.76. The largest absolute Gasteiger partial charge is 0.573 e. The number of carbonyl (C=O) groups excluding carboxylic acids is 2. The van der Waals surface area contributed by atoms with Gasteiger partial charge in [0.25, 0.3) is 5.91 Å². The molecule has 4 unspecified atom stereocenters.